The number of hydrogen-bond donors (Lipinski definition) is 4. The Morgan fingerprint density at radius 1 is 0.814 bits per heavy atom. The van der Waals surface area contributed by atoms with Gasteiger partial charge in [0.1, 0.15) is 5.70 Å². The van der Waals surface area contributed by atoms with Crippen LogP contribution in [0.15, 0.2) is 125 Å². The second kappa shape index (κ2) is 14.5. The fourth-order valence-corrected chi connectivity index (χ4v) is 5.47. The number of anilines is 2. The van der Waals surface area contributed by atoms with Gasteiger partial charge in [0.15, 0.2) is 0 Å². The molecule has 0 aromatic heterocycles. The van der Waals surface area contributed by atoms with Crippen molar-refractivity contribution < 1.29 is 22.8 Å². The molecule has 1 atom stereocenters. The van der Waals surface area contributed by atoms with Crippen LogP contribution in [-0.4, -0.2) is 31.4 Å². The smallest absolute Gasteiger partial charge is 0.272 e. The normalized spacial score (nSPS) is 12.2. The van der Waals surface area contributed by atoms with Crippen molar-refractivity contribution in [2.45, 2.75) is 28.4 Å². The maximum absolute atomic E-state index is 13.4. The first-order valence-electron chi connectivity index (χ1n) is 13.3. The summed E-state index contributed by atoms with van der Waals surface area (Å²) >= 11 is 1.32. The second-order valence-corrected chi connectivity index (χ2v) is 12.2. The largest absolute Gasteiger partial charge is 0.325 e. The van der Waals surface area contributed by atoms with Gasteiger partial charge in [-0.1, -0.05) is 61.5 Å². The van der Waals surface area contributed by atoms with E-state index >= 15 is 0 Å². The Morgan fingerprint density at radius 2 is 1.47 bits per heavy atom. The van der Waals surface area contributed by atoms with E-state index in [4.69, 9.17) is 5.14 Å². The van der Waals surface area contributed by atoms with Crippen LogP contribution in [0.5, 0.6) is 0 Å². The summed E-state index contributed by atoms with van der Waals surface area (Å²) in [5, 5.41) is 13.0. The lowest BCUT2D eigenvalue weighted by Crippen LogP contribution is -2.30. The topological polar surface area (TPSA) is 147 Å². The Labute approximate surface area is 254 Å². The van der Waals surface area contributed by atoms with Gasteiger partial charge in [-0.15, -0.1) is 11.8 Å². The number of carbonyl (C=O) groups excluding carboxylic acids is 3. The van der Waals surface area contributed by atoms with Crippen molar-refractivity contribution in [2.75, 3.05) is 10.6 Å². The highest BCUT2D eigenvalue weighted by molar-refractivity contribution is 8.00. The SMILES string of the molecule is CCC(Sc1cccc(NC(=O)/C(=C/c2ccccc2)NC(=O)c2ccccc2)c1)C(=O)Nc1ccc(S(N)(=O)=O)cc1. The summed E-state index contributed by atoms with van der Waals surface area (Å²) in [5.74, 6) is -1.19. The van der Waals surface area contributed by atoms with Crippen molar-refractivity contribution in [3.05, 3.63) is 126 Å². The third kappa shape index (κ3) is 9.14. The van der Waals surface area contributed by atoms with Crippen molar-refractivity contribution >= 4 is 57.0 Å². The molecule has 43 heavy (non-hydrogen) atoms. The molecular formula is C32H30N4O5S2. The molecule has 0 aliphatic rings. The van der Waals surface area contributed by atoms with E-state index in [9.17, 15) is 22.8 Å². The molecule has 4 rings (SSSR count). The minimum Gasteiger partial charge on any atom is -0.325 e. The fraction of sp³-hybridized carbons (Fsp3) is 0.0938. The molecule has 5 N–H and O–H groups in total. The molecule has 4 aromatic carbocycles. The van der Waals surface area contributed by atoms with Crippen molar-refractivity contribution in [3.8, 4) is 0 Å². The molecule has 0 saturated heterocycles. The molecule has 3 amide bonds. The molecule has 220 valence electrons. The van der Waals surface area contributed by atoms with Crippen LogP contribution in [0.25, 0.3) is 6.08 Å². The van der Waals surface area contributed by atoms with Gasteiger partial charge >= 0.3 is 0 Å². The predicted molar refractivity (Wildman–Crippen MR) is 170 cm³/mol. The summed E-state index contributed by atoms with van der Waals surface area (Å²) < 4.78 is 23.0. The van der Waals surface area contributed by atoms with E-state index in [0.29, 0.717) is 23.4 Å². The molecule has 0 heterocycles. The average molecular weight is 615 g/mol. The van der Waals surface area contributed by atoms with Crippen molar-refractivity contribution in [3.63, 3.8) is 0 Å². The van der Waals surface area contributed by atoms with Gasteiger partial charge in [-0.2, -0.15) is 0 Å². The molecule has 0 bridgehead atoms. The Kier molecular flexibility index (Phi) is 10.5. The second-order valence-electron chi connectivity index (χ2n) is 9.34. The maximum Gasteiger partial charge on any atom is 0.272 e. The van der Waals surface area contributed by atoms with Crippen LogP contribution >= 0.6 is 11.8 Å². The first-order chi connectivity index (χ1) is 20.6. The van der Waals surface area contributed by atoms with Crippen LogP contribution in [0, 0.1) is 0 Å². The molecule has 11 heteroatoms. The number of carbonyl (C=O) groups is 3. The monoisotopic (exact) mass is 614 g/mol. The van der Waals surface area contributed by atoms with Gasteiger partial charge in [-0.25, -0.2) is 13.6 Å². The standard InChI is InChI=1S/C32H30N4O5S2/c1-2-29(32(39)34-24-16-18-27(19-17-24)43(33,40)41)42-26-15-9-14-25(21-26)35-31(38)28(20-22-10-5-3-6-11-22)36-30(37)23-12-7-4-8-13-23/h3-21,29H,2H2,1H3,(H,34,39)(H,35,38)(H,36,37)(H2,33,40,41)/b28-20-. The molecule has 0 saturated carbocycles. The fourth-order valence-electron chi connectivity index (χ4n) is 3.94. The van der Waals surface area contributed by atoms with Gasteiger partial charge in [0.25, 0.3) is 11.8 Å². The number of amides is 3. The Morgan fingerprint density at radius 3 is 2.09 bits per heavy atom. The predicted octanol–water partition coefficient (Wildman–Crippen LogP) is 5.25. The summed E-state index contributed by atoms with van der Waals surface area (Å²) in [7, 11) is -3.83. The maximum atomic E-state index is 13.4. The lowest BCUT2D eigenvalue weighted by molar-refractivity contribution is -0.116. The number of nitrogens with one attached hydrogen (secondary N) is 3. The third-order valence-corrected chi connectivity index (χ3v) is 8.41. The number of thioether (sulfide) groups is 1. The van der Waals surface area contributed by atoms with E-state index in [1.165, 1.54) is 36.0 Å². The van der Waals surface area contributed by atoms with Crippen molar-refractivity contribution in [1.29, 1.82) is 0 Å². The number of nitrogens with two attached hydrogens (primary N) is 1. The molecule has 0 radical (unpaired) electrons. The zero-order valence-electron chi connectivity index (χ0n) is 23.2. The van der Waals surface area contributed by atoms with Crippen LogP contribution < -0.4 is 21.1 Å². The Hall–Kier alpha value is -4.71. The lowest BCUT2D eigenvalue weighted by Gasteiger charge is -2.16. The van der Waals surface area contributed by atoms with Gasteiger partial charge in [0.2, 0.25) is 15.9 Å². The molecule has 0 aliphatic heterocycles. The first-order valence-corrected chi connectivity index (χ1v) is 15.7. The molecule has 4 aromatic rings. The number of benzene rings is 4. The van der Waals surface area contributed by atoms with E-state index in [0.717, 1.165) is 10.5 Å². The summed E-state index contributed by atoms with van der Waals surface area (Å²) in [6.45, 7) is 1.88. The molecule has 0 spiro atoms. The van der Waals surface area contributed by atoms with Crippen LogP contribution in [-0.2, 0) is 19.6 Å². The first kappa shape index (κ1) is 31.2. The molecule has 0 aliphatic carbocycles. The molecule has 9 nitrogen and oxygen atoms in total. The Bertz CT molecular complexity index is 1730. The zero-order chi connectivity index (χ0) is 30.8. The van der Waals surface area contributed by atoms with Crippen LogP contribution in [0.3, 0.4) is 0 Å². The number of primary sulfonamides is 1. The van der Waals surface area contributed by atoms with Gasteiger partial charge < -0.3 is 16.0 Å². The van der Waals surface area contributed by atoms with Crippen molar-refractivity contribution in [1.82, 2.24) is 5.32 Å². The minimum absolute atomic E-state index is 0.0489. The van der Waals surface area contributed by atoms with E-state index in [1.807, 2.05) is 43.3 Å². The highest BCUT2D eigenvalue weighted by atomic mass is 32.2. The minimum atomic E-state index is -3.83. The highest BCUT2D eigenvalue weighted by Crippen LogP contribution is 2.29. The van der Waals surface area contributed by atoms with Crippen LogP contribution in [0.4, 0.5) is 11.4 Å². The summed E-state index contributed by atoms with van der Waals surface area (Å²) in [5.41, 5.74) is 2.14. The highest BCUT2D eigenvalue weighted by Gasteiger charge is 2.20. The summed E-state index contributed by atoms with van der Waals surface area (Å²) in [6.07, 6.45) is 2.11. The Balaban J connectivity index is 1.46. The lowest BCUT2D eigenvalue weighted by atomic mass is 10.1. The average Bonchev–Trinajstić information content (AvgIpc) is 3.00. The van der Waals surface area contributed by atoms with E-state index in [1.54, 1.807) is 54.6 Å². The van der Waals surface area contributed by atoms with E-state index in [2.05, 4.69) is 16.0 Å². The van der Waals surface area contributed by atoms with Crippen molar-refractivity contribution in [2.24, 2.45) is 5.14 Å². The van der Waals surface area contributed by atoms with Gasteiger partial charge in [0, 0.05) is 21.8 Å². The third-order valence-electron chi connectivity index (χ3n) is 6.12. The molecule has 0 fully saturated rings. The molecule has 1 unspecified atom stereocenters. The van der Waals surface area contributed by atoms with E-state index in [-0.39, 0.29) is 16.5 Å². The van der Waals surface area contributed by atoms with Gasteiger partial charge in [-0.05, 0) is 72.7 Å². The summed E-state index contributed by atoms with van der Waals surface area (Å²) in [4.78, 5) is 39.9. The van der Waals surface area contributed by atoms with Crippen LogP contribution in [0.1, 0.15) is 29.3 Å². The number of hydrogen-bond acceptors (Lipinski definition) is 6. The van der Waals surface area contributed by atoms with Crippen LogP contribution in [0.2, 0.25) is 0 Å². The zero-order valence-corrected chi connectivity index (χ0v) is 24.8. The quantitative estimate of drug-likeness (QED) is 0.134. The van der Waals surface area contributed by atoms with E-state index < -0.39 is 27.1 Å². The molecular weight excluding hydrogens is 585 g/mol. The van der Waals surface area contributed by atoms with Gasteiger partial charge in [0.05, 0.1) is 10.1 Å². The number of rotatable bonds is 11. The van der Waals surface area contributed by atoms with Gasteiger partial charge in [-0.3, -0.25) is 14.4 Å². The summed E-state index contributed by atoms with van der Waals surface area (Å²) in [6, 6.07) is 30.4. The number of sulfonamides is 1.